The summed E-state index contributed by atoms with van der Waals surface area (Å²) in [5.74, 6) is 0.428. The Morgan fingerprint density at radius 2 is 1.76 bits per heavy atom. The fraction of sp³-hybridized carbons (Fsp3) is 0.600. The Labute approximate surface area is 133 Å². The van der Waals surface area contributed by atoms with Crippen molar-refractivity contribution in [3.8, 4) is 0 Å². The number of anilines is 1. The number of rotatable bonds is 8. The van der Waals surface area contributed by atoms with Crippen molar-refractivity contribution < 1.29 is 8.42 Å². The molecule has 1 N–H and O–H groups in total. The summed E-state index contributed by atoms with van der Waals surface area (Å²) < 4.78 is 25.8. The van der Waals surface area contributed by atoms with Crippen LogP contribution in [0.5, 0.6) is 0 Å². The first-order valence-corrected chi connectivity index (χ1v) is 9.11. The molecule has 0 radical (unpaired) electrons. The number of para-hydroxylation sites is 1. The maximum absolute atomic E-state index is 12.3. The van der Waals surface area contributed by atoms with E-state index >= 15 is 0 Å². The quantitative estimate of drug-likeness (QED) is 0.742. The smallest absolute Gasteiger partial charge is 0.244 e. The van der Waals surface area contributed by atoms with Crippen LogP contribution in [0.3, 0.4) is 0 Å². The van der Waals surface area contributed by atoms with Gasteiger partial charge in [-0.25, -0.2) is 12.7 Å². The van der Waals surface area contributed by atoms with Crippen LogP contribution in [0.1, 0.15) is 26.7 Å². The molecule has 1 atom stereocenters. The van der Waals surface area contributed by atoms with E-state index < -0.39 is 10.0 Å². The van der Waals surface area contributed by atoms with E-state index in [0.717, 1.165) is 12.8 Å². The molecule has 6 heteroatoms. The summed E-state index contributed by atoms with van der Waals surface area (Å²) in [5, 5.41) is 3.17. The second kappa shape index (κ2) is 8.01. The molecule has 4 nitrogen and oxygen atoms in total. The molecule has 0 saturated heterocycles. The number of benzene rings is 1. The fourth-order valence-electron chi connectivity index (χ4n) is 2.21. The van der Waals surface area contributed by atoms with Gasteiger partial charge < -0.3 is 5.32 Å². The third-order valence-electron chi connectivity index (χ3n) is 3.69. The summed E-state index contributed by atoms with van der Waals surface area (Å²) in [7, 11) is -0.402. The zero-order valence-corrected chi connectivity index (χ0v) is 14.7. The van der Waals surface area contributed by atoms with Gasteiger partial charge >= 0.3 is 0 Å². The number of hydrogen-bond donors (Lipinski definition) is 1. The summed E-state index contributed by atoms with van der Waals surface area (Å²) in [6, 6.07) is 6.92. The number of alkyl halides is 1. The highest BCUT2D eigenvalue weighted by molar-refractivity contribution is 7.89. The lowest BCUT2D eigenvalue weighted by atomic mass is 9.99. The molecule has 0 fully saturated rings. The van der Waals surface area contributed by atoms with Gasteiger partial charge in [0.2, 0.25) is 10.0 Å². The number of nitrogens with zero attached hydrogens (tertiary/aromatic N) is 1. The normalized spacial score (nSPS) is 13.7. The molecule has 0 heterocycles. The predicted octanol–water partition coefficient (Wildman–Crippen LogP) is 3.39. The van der Waals surface area contributed by atoms with Crippen molar-refractivity contribution in [1.82, 2.24) is 4.31 Å². The highest BCUT2D eigenvalue weighted by atomic mass is 35.5. The third-order valence-corrected chi connectivity index (χ3v) is 6.08. The molecule has 0 amide bonds. The van der Waals surface area contributed by atoms with Crippen molar-refractivity contribution >= 4 is 27.3 Å². The van der Waals surface area contributed by atoms with E-state index in [0.29, 0.717) is 18.2 Å². The zero-order valence-electron chi connectivity index (χ0n) is 13.1. The summed E-state index contributed by atoms with van der Waals surface area (Å²) in [5.41, 5.74) is 0.600. The van der Waals surface area contributed by atoms with Gasteiger partial charge in [0.05, 0.1) is 11.1 Å². The number of halogens is 1. The second-order valence-corrected chi connectivity index (χ2v) is 7.94. The van der Waals surface area contributed by atoms with Crippen LogP contribution in [0.25, 0.3) is 0 Å². The van der Waals surface area contributed by atoms with Crippen molar-refractivity contribution in [2.75, 3.05) is 26.0 Å². The first-order valence-electron chi connectivity index (χ1n) is 7.24. The van der Waals surface area contributed by atoms with Crippen LogP contribution in [-0.4, -0.2) is 38.7 Å². The Balaban J connectivity index is 2.91. The van der Waals surface area contributed by atoms with Crippen LogP contribution in [0.2, 0.25) is 0 Å². The minimum atomic E-state index is -3.46. The molecule has 0 bridgehead atoms. The predicted molar refractivity (Wildman–Crippen MR) is 89.5 cm³/mol. The molecule has 21 heavy (non-hydrogen) atoms. The monoisotopic (exact) mass is 332 g/mol. The highest BCUT2D eigenvalue weighted by Crippen LogP contribution is 2.25. The summed E-state index contributed by atoms with van der Waals surface area (Å²) in [6.45, 7) is 4.79. The van der Waals surface area contributed by atoms with E-state index in [1.807, 2.05) is 6.07 Å². The van der Waals surface area contributed by atoms with Gasteiger partial charge in [0.25, 0.3) is 0 Å². The van der Waals surface area contributed by atoms with E-state index in [1.165, 1.54) is 18.4 Å². The fourth-order valence-corrected chi connectivity index (χ4v) is 3.70. The molecule has 0 spiro atoms. The molecule has 0 aliphatic heterocycles. The largest absolute Gasteiger partial charge is 0.382 e. The van der Waals surface area contributed by atoms with E-state index in [2.05, 4.69) is 19.2 Å². The van der Waals surface area contributed by atoms with Crippen LogP contribution in [0, 0.1) is 5.92 Å². The zero-order chi connectivity index (χ0) is 16.0. The Morgan fingerprint density at radius 3 is 2.29 bits per heavy atom. The van der Waals surface area contributed by atoms with Gasteiger partial charge in [-0.15, -0.1) is 11.6 Å². The van der Waals surface area contributed by atoms with Gasteiger partial charge in [-0.2, -0.15) is 0 Å². The molecule has 0 saturated carbocycles. The van der Waals surface area contributed by atoms with Crippen LogP contribution >= 0.6 is 11.6 Å². The molecule has 1 rings (SSSR count). The molecular weight excluding hydrogens is 308 g/mol. The van der Waals surface area contributed by atoms with Gasteiger partial charge in [-0.3, -0.25) is 0 Å². The minimum Gasteiger partial charge on any atom is -0.382 e. The van der Waals surface area contributed by atoms with Crippen LogP contribution in [0.15, 0.2) is 29.2 Å². The maximum Gasteiger partial charge on any atom is 0.244 e. The average molecular weight is 333 g/mol. The van der Waals surface area contributed by atoms with Gasteiger partial charge in [-0.05, 0) is 18.1 Å². The number of sulfonamides is 1. The molecule has 1 unspecified atom stereocenters. The van der Waals surface area contributed by atoms with E-state index in [1.54, 1.807) is 18.2 Å². The van der Waals surface area contributed by atoms with E-state index in [4.69, 9.17) is 11.6 Å². The van der Waals surface area contributed by atoms with Crippen LogP contribution in [0.4, 0.5) is 5.69 Å². The average Bonchev–Trinajstić information content (AvgIpc) is 2.46. The van der Waals surface area contributed by atoms with Gasteiger partial charge in [0.15, 0.2) is 0 Å². The topological polar surface area (TPSA) is 49.4 Å². The lowest BCUT2D eigenvalue weighted by Crippen LogP contribution is -2.26. The van der Waals surface area contributed by atoms with Crippen molar-refractivity contribution in [2.45, 2.75) is 37.0 Å². The molecule has 0 aliphatic rings. The Hall–Kier alpha value is -0.780. The first kappa shape index (κ1) is 18.3. The Bertz CT molecular complexity index is 542. The molecular formula is C15H25ClN2O2S. The number of nitrogens with one attached hydrogen (secondary N) is 1. The Morgan fingerprint density at radius 1 is 1.19 bits per heavy atom. The van der Waals surface area contributed by atoms with Gasteiger partial charge in [0.1, 0.15) is 4.90 Å². The summed E-state index contributed by atoms with van der Waals surface area (Å²) in [4.78, 5) is 0.281. The van der Waals surface area contributed by atoms with Gasteiger partial charge in [0, 0.05) is 20.6 Å². The van der Waals surface area contributed by atoms with E-state index in [-0.39, 0.29) is 10.3 Å². The van der Waals surface area contributed by atoms with Crippen molar-refractivity contribution in [1.29, 1.82) is 0 Å². The third kappa shape index (κ3) is 4.59. The molecule has 0 aromatic heterocycles. The lowest BCUT2D eigenvalue weighted by molar-refractivity contribution is 0.475. The molecule has 0 aliphatic carbocycles. The standard InChI is InChI=1S/C15H25ClN2O2S/c1-5-12(6-2)13(16)11-17-14-9-7-8-10-15(14)21(19,20)18(3)4/h7-10,12-13,17H,5-6,11H2,1-4H3. The maximum atomic E-state index is 12.3. The molecule has 1 aromatic rings. The summed E-state index contributed by atoms with van der Waals surface area (Å²) in [6.07, 6.45) is 2.04. The van der Waals surface area contributed by atoms with Crippen LogP contribution in [-0.2, 0) is 10.0 Å². The van der Waals surface area contributed by atoms with Gasteiger partial charge in [-0.1, -0.05) is 38.8 Å². The lowest BCUT2D eigenvalue weighted by Gasteiger charge is -2.21. The molecule has 1 aromatic carbocycles. The van der Waals surface area contributed by atoms with E-state index in [9.17, 15) is 8.42 Å². The summed E-state index contributed by atoms with van der Waals surface area (Å²) >= 11 is 6.40. The first-order chi connectivity index (χ1) is 9.84. The van der Waals surface area contributed by atoms with Crippen molar-refractivity contribution in [2.24, 2.45) is 5.92 Å². The second-order valence-electron chi connectivity index (χ2n) is 5.26. The Kier molecular flexibility index (Phi) is 6.97. The van der Waals surface area contributed by atoms with Crippen LogP contribution < -0.4 is 5.32 Å². The highest BCUT2D eigenvalue weighted by Gasteiger charge is 2.22. The minimum absolute atomic E-state index is 0.0184. The molecule has 120 valence electrons. The number of hydrogen-bond acceptors (Lipinski definition) is 3. The van der Waals surface area contributed by atoms with Crippen molar-refractivity contribution in [3.63, 3.8) is 0 Å². The SMILES string of the molecule is CCC(CC)C(Cl)CNc1ccccc1S(=O)(=O)N(C)C. The van der Waals surface area contributed by atoms with Crippen molar-refractivity contribution in [3.05, 3.63) is 24.3 Å².